The van der Waals surface area contributed by atoms with E-state index in [2.05, 4.69) is 0 Å². The van der Waals surface area contributed by atoms with E-state index in [-0.39, 0.29) is 12.3 Å². The third kappa shape index (κ3) is 3.05. The predicted molar refractivity (Wildman–Crippen MR) is 73.8 cm³/mol. The number of ketones is 1. The largest absolute Gasteiger partial charge is 0.328 e. The first-order valence-corrected chi connectivity index (χ1v) is 6.90. The molecule has 0 saturated carbocycles. The molecule has 104 valence electrons. The topological polar surface area (TPSA) is 71.9 Å². The summed E-state index contributed by atoms with van der Waals surface area (Å²) < 4.78 is 13.9. The van der Waals surface area contributed by atoms with Gasteiger partial charge in [0.05, 0.1) is 12.7 Å². The lowest BCUT2D eigenvalue weighted by Gasteiger charge is -2.05. The number of H-pyrrole nitrogens is 1. The van der Waals surface area contributed by atoms with Crippen LogP contribution in [-0.2, 0) is 6.54 Å². The molecule has 7 heteroatoms. The summed E-state index contributed by atoms with van der Waals surface area (Å²) in [6.45, 7) is -0.328. The number of rotatable bonds is 4. The van der Waals surface area contributed by atoms with Crippen LogP contribution in [0.5, 0.6) is 0 Å². The van der Waals surface area contributed by atoms with Gasteiger partial charge in [0.25, 0.3) is 5.56 Å². The Labute approximate surface area is 117 Å². The van der Waals surface area contributed by atoms with Crippen molar-refractivity contribution in [3.8, 4) is 0 Å². The maximum absolute atomic E-state index is 13.1. The van der Waals surface area contributed by atoms with Crippen molar-refractivity contribution in [2.24, 2.45) is 0 Å². The lowest BCUT2D eigenvalue weighted by molar-refractivity contribution is 0.0970. The number of aromatic amines is 1. The Bertz CT molecular complexity index is 749. The number of Topliss-reactive ketones (excluding diaryl/α,β-unsaturated/α-hetero) is 1. The minimum absolute atomic E-state index is 0.328. The summed E-state index contributed by atoms with van der Waals surface area (Å²) in [6.07, 6.45) is 2.65. The Morgan fingerprint density at radius 3 is 2.55 bits per heavy atom. The Morgan fingerprint density at radius 1 is 1.30 bits per heavy atom. The molecule has 1 aromatic carbocycles. The number of carbonyl (C=O) groups is 1. The Hall–Kier alpha value is -2.15. The highest BCUT2D eigenvalue weighted by atomic mass is 32.2. The van der Waals surface area contributed by atoms with Crippen LogP contribution < -0.4 is 11.2 Å². The van der Waals surface area contributed by atoms with Crippen LogP contribution in [0.1, 0.15) is 10.4 Å². The van der Waals surface area contributed by atoms with Crippen molar-refractivity contribution >= 4 is 17.5 Å². The molecule has 0 spiro atoms. The summed E-state index contributed by atoms with van der Waals surface area (Å²) in [5, 5.41) is 0. The van der Waals surface area contributed by atoms with Gasteiger partial charge >= 0.3 is 5.69 Å². The van der Waals surface area contributed by atoms with Crippen LogP contribution in [0.3, 0.4) is 0 Å². The Balaban J connectivity index is 2.25. The van der Waals surface area contributed by atoms with Gasteiger partial charge in [0.2, 0.25) is 5.82 Å². The van der Waals surface area contributed by atoms with Gasteiger partial charge in [0.15, 0.2) is 5.78 Å². The molecule has 0 saturated heterocycles. The van der Waals surface area contributed by atoms with Gasteiger partial charge in [-0.2, -0.15) is 4.39 Å². The molecule has 0 bridgehead atoms. The summed E-state index contributed by atoms with van der Waals surface area (Å²) in [5.41, 5.74) is -1.49. The third-order valence-electron chi connectivity index (χ3n) is 2.69. The second kappa shape index (κ2) is 5.87. The van der Waals surface area contributed by atoms with Gasteiger partial charge in [-0.1, -0.05) is 12.1 Å². The quantitative estimate of drug-likeness (QED) is 0.681. The smallest absolute Gasteiger partial charge is 0.292 e. The predicted octanol–water partition coefficient (Wildman–Crippen LogP) is 1.28. The number of carbonyl (C=O) groups excluding carboxylic acids is 1. The molecule has 2 rings (SSSR count). The van der Waals surface area contributed by atoms with Gasteiger partial charge < -0.3 is 0 Å². The van der Waals surface area contributed by atoms with Gasteiger partial charge in [0, 0.05) is 10.5 Å². The fourth-order valence-corrected chi connectivity index (χ4v) is 2.03. The highest BCUT2D eigenvalue weighted by Gasteiger charge is 2.10. The molecule has 2 aromatic rings. The van der Waals surface area contributed by atoms with Crippen molar-refractivity contribution < 1.29 is 9.18 Å². The molecule has 1 heterocycles. The summed E-state index contributed by atoms with van der Waals surface area (Å²) in [5.74, 6) is -1.44. The van der Waals surface area contributed by atoms with E-state index in [4.69, 9.17) is 0 Å². The number of hydrogen-bond donors (Lipinski definition) is 1. The van der Waals surface area contributed by atoms with Gasteiger partial charge in [-0.15, -0.1) is 11.8 Å². The highest BCUT2D eigenvalue weighted by Crippen LogP contribution is 2.15. The second-order valence-electron chi connectivity index (χ2n) is 4.02. The number of halogens is 1. The molecule has 1 aromatic heterocycles. The summed E-state index contributed by atoms with van der Waals surface area (Å²) >= 11 is 1.54. The monoisotopic (exact) mass is 294 g/mol. The summed E-state index contributed by atoms with van der Waals surface area (Å²) in [6, 6.07) is 6.85. The molecular formula is C13H11FN2O3S. The highest BCUT2D eigenvalue weighted by molar-refractivity contribution is 7.98. The van der Waals surface area contributed by atoms with E-state index in [1.807, 2.05) is 6.26 Å². The molecule has 0 fully saturated rings. The number of thioether (sulfide) groups is 1. The molecule has 0 radical (unpaired) electrons. The normalized spacial score (nSPS) is 10.5. The first kappa shape index (κ1) is 14.3. The standard InChI is InChI=1S/C13H11FN2O3S/c1-20-9-4-2-8(3-5-9)11(17)7-16-6-10(14)12(18)15-13(16)19/h2-6H,7H2,1H3,(H,15,18,19). The fraction of sp³-hybridized carbons (Fsp3) is 0.154. The summed E-state index contributed by atoms with van der Waals surface area (Å²) in [7, 11) is 0. The van der Waals surface area contributed by atoms with E-state index in [0.717, 1.165) is 15.7 Å². The van der Waals surface area contributed by atoms with Gasteiger partial charge in [0.1, 0.15) is 0 Å². The molecule has 0 atom stereocenters. The Kier molecular flexibility index (Phi) is 4.19. The van der Waals surface area contributed by atoms with E-state index in [9.17, 15) is 18.8 Å². The van der Waals surface area contributed by atoms with Crippen LogP contribution in [0.4, 0.5) is 4.39 Å². The van der Waals surface area contributed by atoms with Crippen LogP contribution in [0.2, 0.25) is 0 Å². The van der Waals surface area contributed by atoms with Crippen LogP contribution in [0.25, 0.3) is 0 Å². The third-order valence-corrected chi connectivity index (χ3v) is 3.44. The molecule has 20 heavy (non-hydrogen) atoms. The van der Waals surface area contributed by atoms with Crippen LogP contribution in [-0.4, -0.2) is 21.6 Å². The fourth-order valence-electron chi connectivity index (χ4n) is 1.62. The first-order valence-electron chi connectivity index (χ1n) is 5.68. The zero-order valence-electron chi connectivity index (χ0n) is 10.6. The minimum atomic E-state index is -1.10. The van der Waals surface area contributed by atoms with E-state index in [0.29, 0.717) is 5.56 Å². The zero-order valence-corrected chi connectivity index (χ0v) is 11.4. The zero-order chi connectivity index (χ0) is 14.7. The first-order chi connectivity index (χ1) is 9.51. The average Bonchev–Trinajstić information content (AvgIpc) is 2.44. The molecule has 0 aliphatic heterocycles. The molecular weight excluding hydrogens is 283 g/mol. The molecule has 0 amide bonds. The number of hydrogen-bond acceptors (Lipinski definition) is 4. The van der Waals surface area contributed by atoms with Crippen molar-refractivity contribution in [1.29, 1.82) is 0 Å². The van der Waals surface area contributed by atoms with Gasteiger partial charge in [-0.05, 0) is 18.4 Å². The van der Waals surface area contributed by atoms with Crippen molar-refractivity contribution in [3.63, 3.8) is 0 Å². The number of aromatic nitrogens is 2. The maximum atomic E-state index is 13.1. The van der Waals surface area contributed by atoms with Crippen LogP contribution in [0, 0.1) is 5.82 Å². The van der Waals surface area contributed by atoms with Gasteiger partial charge in [-0.3, -0.25) is 19.1 Å². The molecule has 0 unspecified atom stereocenters. The SMILES string of the molecule is CSc1ccc(C(=O)Cn2cc(F)c(=O)[nH]c2=O)cc1. The van der Waals surface area contributed by atoms with Crippen molar-refractivity contribution in [3.05, 3.63) is 62.7 Å². The number of nitrogens with zero attached hydrogens (tertiary/aromatic N) is 1. The lowest BCUT2D eigenvalue weighted by Crippen LogP contribution is -2.33. The van der Waals surface area contributed by atoms with Crippen molar-refractivity contribution in [2.45, 2.75) is 11.4 Å². The van der Waals surface area contributed by atoms with Crippen LogP contribution >= 0.6 is 11.8 Å². The molecule has 1 N–H and O–H groups in total. The second-order valence-corrected chi connectivity index (χ2v) is 4.90. The van der Waals surface area contributed by atoms with Crippen molar-refractivity contribution in [1.82, 2.24) is 9.55 Å². The van der Waals surface area contributed by atoms with E-state index >= 15 is 0 Å². The lowest BCUT2D eigenvalue weighted by atomic mass is 10.1. The van der Waals surface area contributed by atoms with Crippen LogP contribution in [0.15, 0.2) is 44.9 Å². The molecule has 5 nitrogen and oxygen atoms in total. The summed E-state index contributed by atoms with van der Waals surface area (Å²) in [4.78, 5) is 37.1. The molecule has 0 aliphatic rings. The average molecular weight is 294 g/mol. The van der Waals surface area contributed by atoms with E-state index in [1.165, 1.54) is 0 Å². The maximum Gasteiger partial charge on any atom is 0.328 e. The van der Waals surface area contributed by atoms with Gasteiger partial charge in [-0.25, -0.2) is 4.79 Å². The van der Waals surface area contributed by atoms with E-state index < -0.39 is 17.1 Å². The van der Waals surface area contributed by atoms with E-state index in [1.54, 1.807) is 41.0 Å². The van der Waals surface area contributed by atoms with Crippen molar-refractivity contribution in [2.75, 3.05) is 6.26 Å². The molecule has 0 aliphatic carbocycles. The number of benzene rings is 1. The minimum Gasteiger partial charge on any atom is -0.292 e. The Morgan fingerprint density at radius 2 is 1.95 bits per heavy atom. The number of nitrogens with one attached hydrogen (secondary N) is 1.